The molecule has 0 radical (unpaired) electrons. The smallest absolute Gasteiger partial charge is 0.272 e. The van der Waals surface area contributed by atoms with E-state index in [0.717, 1.165) is 29.8 Å². The molecule has 1 aromatic carbocycles. The van der Waals surface area contributed by atoms with E-state index in [4.69, 9.17) is 11.6 Å². The molecule has 1 amide bonds. The Balaban J connectivity index is 1.76. The first-order chi connectivity index (χ1) is 10.6. The number of aromatic amines is 1. The summed E-state index contributed by atoms with van der Waals surface area (Å²) in [5.41, 5.74) is 3.05. The molecule has 2 aromatic rings. The van der Waals surface area contributed by atoms with Gasteiger partial charge in [0.05, 0.1) is 11.1 Å². The largest absolute Gasteiger partial charge is 0.344 e. The van der Waals surface area contributed by atoms with Crippen molar-refractivity contribution in [2.24, 2.45) is 0 Å². The monoisotopic (exact) mass is 322 g/mol. The number of rotatable bonds is 3. The number of benzene rings is 1. The maximum Gasteiger partial charge on any atom is 0.272 e. The van der Waals surface area contributed by atoms with Gasteiger partial charge in [-0.2, -0.15) is 5.10 Å². The van der Waals surface area contributed by atoms with E-state index in [1.54, 1.807) is 6.07 Å². The summed E-state index contributed by atoms with van der Waals surface area (Å²) in [4.78, 5) is 12.4. The van der Waals surface area contributed by atoms with Gasteiger partial charge in [0.15, 0.2) is 5.69 Å². The summed E-state index contributed by atoms with van der Waals surface area (Å²) < 4.78 is 13.2. The molecule has 0 spiro atoms. The molecule has 22 heavy (non-hydrogen) atoms. The van der Waals surface area contributed by atoms with Crippen LogP contribution in [0.3, 0.4) is 0 Å². The van der Waals surface area contributed by atoms with Gasteiger partial charge in [-0.25, -0.2) is 4.39 Å². The zero-order valence-corrected chi connectivity index (χ0v) is 12.8. The number of fused-ring (bicyclic) bond motifs is 1. The maximum atomic E-state index is 13.2. The molecule has 3 rings (SSSR count). The normalized spacial score (nSPS) is 15.2. The predicted octanol–water partition coefficient (Wildman–Crippen LogP) is 2.34. The lowest BCUT2D eigenvalue weighted by Gasteiger charge is -2.16. The second-order valence-corrected chi connectivity index (χ2v) is 5.73. The number of carbonyl (C=O) groups is 1. The van der Waals surface area contributed by atoms with E-state index in [2.05, 4.69) is 20.8 Å². The van der Waals surface area contributed by atoms with Crippen LogP contribution in [0.2, 0.25) is 5.02 Å². The fourth-order valence-corrected chi connectivity index (χ4v) is 2.73. The minimum absolute atomic E-state index is 0.0416. The second-order valence-electron chi connectivity index (χ2n) is 5.32. The molecule has 1 aliphatic rings. The van der Waals surface area contributed by atoms with Crippen molar-refractivity contribution in [2.45, 2.75) is 25.9 Å². The van der Waals surface area contributed by atoms with Crippen LogP contribution in [0.15, 0.2) is 18.2 Å². The van der Waals surface area contributed by atoms with E-state index in [1.165, 1.54) is 12.1 Å². The minimum atomic E-state index is -0.476. The number of nitrogens with one attached hydrogen (secondary N) is 3. The Morgan fingerprint density at radius 3 is 3.09 bits per heavy atom. The number of nitrogens with zero attached hydrogens (tertiary/aromatic N) is 1. The van der Waals surface area contributed by atoms with Crippen molar-refractivity contribution in [1.29, 1.82) is 0 Å². The van der Waals surface area contributed by atoms with Gasteiger partial charge in [-0.3, -0.25) is 9.89 Å². The average Bonchev–Trinajstić information content (AvgIpc) is 2.94. The van der Waals surface area contributed by atoms with Gasteiger partial charge in [0.1, 0.15) is 5.82 Å². The van der Waals surface area contributed by atoms with Crippen molar-refractivity contribution in [1.82, 2.24) is 20.8 Å². The molecule has 0 saturated carbocycles. The number of hydrogen-bond donors (Lipinski definition) is 3. The lowest BCUT2D eigenvalue weighted by molar-refractivity contribution is 0.0933. The van der Waals surface area contributed by atoms with Gasteiger partial charge >= 0.3 is 0 Å². The minimum Gasteiger partial charge on any atom is -0.344 e. The number of aromatic nitrogens is 2. The Kier molecular flexibility index (Phi) is 4.13. The Hall–Kier alpha value is -1.92. The van der Waals surface area contributed by atoms with Crippen molar-refractivity contribution in [3.8, 4) is 0 Å². The Morgan fingerprint density at radius 1 is 1.50 bits per heavy atom. The van der Waals surface area contributed by atoms with Crippen LogP contribution in [0.5, 0.6) is 0 Å². The van der Waals surface area contributed by atoms with E-state index in [0.29, 0.717) is 12.2 Å². The van der Waals surface area contributed by atoms with Gasteiger partial charge in [0, 0.05) is 30.8 Å². The number of halogens is 2. The third-order valence-corrected chi connectivity index (χ3v) is 4.10. The van der Waals surface area contributed by atoms with Crippen molar-refractivity contribution in [3.63, 3.8) is 0 Å². The molecule has 1 atom stereocenters. The number of hydrogen-bond acceptors (Lipinski definition) is 3. The molecule has 116 valence electrons. The third kappa shape index (κ3) is 2.84. The van der Waals surface area contributed by atoms with Crippen LogP contribution in [0.25, 0.3) is 0 Å². The molecule has 3 N–H and O–H groups in total. The lowest BCUT2D eigenvalue weighted by Crippen LogP contribution is -2.30. The highest BCUT2D eigenvalue weighted by molar-refractivity contribution is 6.30. The summed E-state index contributed by atoms with van der Waals surface area (Å²) in [5, 5.41) is 13.2. The highest BCUT2D eigenvalue weighted by atomic mass is 35.5. The zero-order valence-electron chi connectivity index (χ0n) is 12.0. The highest BCUT2D eigenvalue weighted by Gasteiger charge is 2.22. The summed E-state index contributed by atoms with van der Waals surface area (Å²) >= 11 is 5.78. The maximum absolute atomic E-state index is 13.2. The third-order valence-electron chi connectivity index (χ3n) is 3.81. The molecule has 1 unspecified atom stereocenters. The van der Waals surface area contributed by atoms with Crippen molar-refractivity contribution in [3.05, 3.63) is 51.6 Å². The van der Waals surface area contributed by atoms with E-state index < -0.39 is 5.82 Å². The van der Waals surface area contributed by atoms with E-state index in [9.17, 15) is 9.18 Å². The van der Waals surface area contributed by atoms with Crippen LogP contribution >= 0.6 is 11.6 Å². The molecular weight excluding hydrogens is 307 g/mol. The van der Waals surface area contributed by atoms with Crippen molar-refractivity contribution >= 4 is 17.5 Å². The van der Waals surface area contributed by atoms with Crippen molar-refractivity contribution in [2.75, 3.05) is 6.54 Å². The van der Waals surface area contributed by atoms with Gasteiger partial charge in [0.2, 0.25) is 0 Å². The molecule has 1 aliphatic heterocycles. The van der Waals surface area contributed by atoms with Crippen LogP contribution in [0.1, 0.15) is 40.3 Å². The summed E-state index contributed by atoms with van der Waals surface area (Å²) in [6.45, 7) is 3.32. The van der Waals surface area contributed by atoms with E-state index in [1.807, 2.05) is 6.92 Å². The first-order valence-corrected chi connectivity index (χ1v) is 7.46. The molecule has 2 heterocycles. The molecular formula is C15H16ClFN4O. The predicted molar refractivity (Wildman–Crippen MR) is 81.3 cm³/mol. The molecule has 5 nitrogen and oxygen atoms in total. The average molecular weight is 323 g/mol. The molecule has 0 bridgehead atoms. The van der Waals surface area contributed by atoms with Crippen molar-refractivity contribution < 1.29 is 9.18 Å². The quantitative estimate of drug-likeness (QED) is 0.812. The van der Waals surface area contributed by atoms with E-state index in [-0.39, 0.29) is 17.0 Å². The summed E-state index contributed by atoms with van der Waals surface area (Å²) in [6, 6.07) is 4.12. The fraction of sp³-hybridized carbons (Fsp3) is 0.333. The SMILES string of the molecule is CC(NC(=O)c1n[nH]c2c1CNCC2)c1ccc(F)c(Cl)c1. The Bertz CT molecular complexity index is 716. The standard InChI is InChI=1S/C15H16ClFN4O/c1-8(9-2-3-12(17)11(16)6-9)19-15(22)14-10-7-18-5-4-13(10)20-21-14/h2-3,6,8,18H,4-5,7H2,1H3,(H,19,22)(H,20,21). The number of amides is 1. The summed E-state index contributed by atoms with van der Waals surface area (Å²) in [6.07, 6.45) is 0.832. The first-order valence-electron chi connectivity index (χ1n) is 7.09. The molecule has 0 fully saturated rings. The molecule has 7 heteroatoms. The molecule has 0 aliphatic carbocycles. The van der Waals surface area contributed by atoms with Crippen LogP contribution in [-0.2, 0) is 13.0 Å². The number of carbonyl (C=O) groups excluding carboxylic acids is 1. The highest BCUT2D eigenvalue weighted by Crippen LogP contribution is 2.22. The van der Waals surface area contributed by atoms with Crippen LogP contribution in [-0.4, -0.2) is 22.6 Å². The topological polar surface area (TPSA) is 69.8 Å². The summed E-state index contributed by atoms with van der Waals surface area (Å²) in [7, 11) is 0. The molecule has 0 saturated heterocycles. The second kappa shape index (κ2) is 6.06. The van der Waals surface area contributed by atoms with E-state index >= 15 is 0 Å². The summed E-state index contributed by atoms with van der Waals surface area (Å²) in [5.74, 6) is -0.731. The van der Waals surface area contributed by atoms with Gasteiger partial charge in [-0.05, 0) is 24.6 Å². The lowest BCUT2D eigenvalue weighted by atomic mass is 10.1. The fourth-order valence-electron chi connectivity index (χ4n) is 2.54. The first kappa shape index (κ1) is 15.0. The van der Waals surface area contributed by atoms with Crippen LogP contribution in [0, 0.1) is 5.82 Å². The van der Waals surface area contributed by atoms with Crippen LogP contribution < -0.4 is 10.6 Å². The van der Waals surface area contributed by atoms with Gasteiger partial charge in [0.25, 0.3) is 5.91 Å². The van der Waals surface area contributed by atoms with Crippen LogP contribution in [0.4, 0.5) is 4.39 Å². The zero-order chi connectivity index (χ0) is 15.7. The number of H-pyrrole nitrogens is 1. The molecule has 1 aromatic heterocycles. The Morgan fingerprint density at radius 2 is 2.32 bits per heavy atom. The van der Waals surface area contributed by atoms with Gasteiger partial charge in [-0.15, -0.1) is 0 Å². The van der Waals surface area contributed by atoms with Gasteiger partial charge in [-0.1, -0.05) is 17.7 Å². The Labute approximate surface area is 132 Å². The van der Waals surface area contributed by atoms with Gasteiger partial charge < -0.3 is 10.6 Å².